The number of amides is 1. The van der Waals surface area contributed by atoms with Crippen LogP contribution in [0.3, 0.4) is 0 Å². The monoisotopic (exact) mass is 343 g/mol. The number of carbonyl (C=O) groups is 1. The summed E-state index contributed by atoms with van der Waals surface area (Å²) in [5.74, 6) is 0.993. The van der Waals surface area contributed by atoms with Gasteiger partial charge in [0.05, 0.1) is 18.8 Å². The molecule has 4 heteroatoms. The first-order valence-corrected chi connectivity index (χ1v) is 9.79. The summed E-state index contributed by atoms with van der Waals surface area (Å²) in [4.78, 5) is 15.0. The highest BCUT2D eigenvalue weighted by Crippen LogP contribution is 2.35. The molecule has 3 fully saturated rings. The number of carbonyl (C=O) groups excluding carboxylic acids is 1. The molecule has 4 rings (SSSR count). The highest BCUT2D eigenvalue weighted by Gasteiger charge is 2.45. The Kier molecular flexibility index (Phi) is 5.09. The normalized spacial score (nSPS) is 28.8. The van der Waals surface area contributed by atoms with Gasteiger partial charge in [0.2, 0.25) is 5.91 Å². The van der Waals surface area contributed by atoms with Gasteiger partial charge in [-0.25, -0.2) is 0 Å². The predicted octanol–water partition coefficient (Wildman–Crippen LogP) is 3.11. The second-order valence-corrected chi connectivity index (χ2v) is 7.81. The third-order valence-corrected chi connectivity index (χ3v) is 5.97. The number of ether oxygens (including phenoxy) is 2. The second kappa shape index (κ2) is 7.46. The fraction of sp³-hybridized carbons (Fsp3) is 0.667. The quantitative estimate of drug-likeness (QED) is 0.797. The lowest BCUT2D eigenvalue weighted by atomic mass is 10.0. The maximum atomic E-state index is 12.9. The van der Waals surface area contributed by atoms with Gasteiger partial charge in [-0.2, -0.15) is 0 Å². The Morgan fingerprint density at radius 3 is 2.88 bits per heavy atom. The van der Waals surface area contributed by atoms with E-state index in [0.717, 1.165) is 31.8 Å². The lowest BCUT2D eigenvalue weighted by molar-refractivity contribution is -0.136. The van der Waals surface area contributed by atoms with Crippen molar-refractivity contribution in [1.82, 2.24) is 4.90 Å². The van der Waals surface area contributed by atoms with Gasteiger partial charge in [0.15, 0.2) is 0 Å². The molecule has 0 spiro atoms. The summed E-state index contributed by atoms with van der Waals surface area (Å²) in [5.41, 5.74) is 2.54. The SMILES string of the molecule is Cc1ccccc1CCC(=O)N1CCOC2CCC1C2OCC1CC1. The van der Waals surface area contributed by atoms with Crippen LogP contribution in [0.2, 0.25) is 0 Å². The zero-order valence-electron chi connectivity index (χ0n) is 15.2. The Labute approximate surface area is 150 Å². The van der Waals surface area contributed by atoms with E-state index in [4.69, 9.17) is 9.47 Å². The van der Waals surface area contributed by atoms with E-state index in [1.165, 1.54) is 24.0 Å². The summed E-state index contributed by atoms with van der Waals surface area (Å²) in [7, 11) is 0. The first kappa shape index (κ1) is 17.0. The molecule has 3 unspecified atom stereocenters. The van der Waals surface area contributed by atoms with Gasteiger partial charge >= 0.3 is 0 Å². The van der Waals surface area contributed by atoms with Crippen molar-refractivity contribution in [1.29, 1.82) is 0 Å². The molecular weight excluding hydrogens is 314 g/mol. The maximum absolute atomic E-state index is 12.9. The number of nitrogens with zero attached hydrogens (tertiary/aromatic N) is 1. The smallest absolute Gasteiger partial charge is 0.223 e. The third kappa shape index (κ3) is 3.90. The fourth-order valence-corrected chi connectivity index (χ4v) is 4.23. The fourth-order valence-electron chi connectivity index (χ4n) is 4.23. The minimum atomic E-state index is 0.0745. The third-order valence-electron chi connectivity index (χ3n) is 5.97. The van der Waals surface area contributed by atoms with Crippen LogP contribution < -0.4 is 0 Å². The zero-order valence-corrected chi connectivity index (χ0v) is 15.2. The van der Waals surface area contributed by atoms with Crippen molar-refractivity contribution >= 4 is 5.91 Å². The van der Waals surface area contributed by atoms with Crippen LogP contribution in [0, 0.1) is 12.8 Å². The Balaban J connectivity index is 1.39. The van der Waals surface area contributed by atoms with Gasteiger partial charge in [-0.3, -0.25) is 4.79 Å². The molecule has 3 atom stereocenters. The van der Waals surface area contributed by atoms with E-state index in [-0.39, 0.29) is 24.2 Å². The second-order valence-electron chi connectivity index (χ2n) is 7.81. The molecule has 1 aliphatic heterocycles. The van der Waals surface area contributed by atoms with Crippen molar-refractivity contribution in [2.75, 3.05) is 19.8 Å². The summed E-state index contributed by atoms with van der Waals surface area (Å²) in [5, 5.41) is 0. The van der Waals surface area contributed by atoms with Gasteiger partial charge in [0, 0.05) is 19.6 Å². The van der Waals surface area contributed by atoms with Crippen molar-refractivity contribution in [3.63, 3.8) is 0 Å². The minimum absolute atomic E-state index is 0.0745. The summed E-state index contributed by atoms with van der Waals surface area (Å²) < 4.78 is 12.2. The predicted molar refractivity (Wildman–Crippen MR) is 96.4 cm³/mol. The molecule has 136 valence electrons. The van der Waals surface area contributed by atoms with Gasteiger partial charge in [-0.15, -0.1) is 0 Å². The molecule has 2 saturated carbocycles. The van der Waals surface area contributed by atoms with Gasteiger partial charge in [0.1, 0.15) is 6.10 Å². The van der Waals surface area contributed by atoms with Crippen molar-refractivity contribution in [2.45, 2.75) is 63.7 Å². The molecule has 1 heterocycles. The Bertz CT molecular complexity index is 613. The summed E-state index contributed by atoms with van der Waals surface area (Å²) in [6, 6.07) is 8.54. The molecule has 0 radical (unpaired) electrons. The number of benzene rings is 1. The molecule has 0 N–H and O–H groups in total. The molecule has 25 heavy (non-hydrogen) atoms. The Hall–Kier alpha value is -1.39. The minimum Gasteiger partial charge on any atom is -0.374 e. The van der Waals surface area contributed by atoms with Crippen molar-refractivity contribution in [2.24, 2.45) is 5.92 Å². The first-order valence-electron chi connectivity index (χ1n) is 9.79. The Morgan fingerprint density at radius 1 is 1.24 bits per heavy atom. The zero-order chi connectivity index (χ0) is 17.2. The van der Waals surface area contributed by atoms with E-state index in [0.29, 0.717) is 19.6 Å². The Morgan fingerprint density at radius 2 is 2.08 bits per heavy atom. The standard InChI is InChI=1S/C21H29NO3/c1-15-4-2-3-5-17(15)8-11-20(23)22-12-13-24-19-10-9-18(22)21(19)25-14-16-6-7-16/h2-5,16,18-19,21H,6-14H2,1H3. The van der Waals surface area contributed by atoms with Crippen molar-refractivity contribution < 1.29 is 14.3 Å². The van der Waals surface area contributed by atoms with Gasteiger partial charge in [-0.1, -0.05) is 24.3 Å². The molecule has 1 aromatic carbocycles. The first-order chi connectivity index (χ1) is 12.2. The molecule has 1 saturated heterocycles. The van der Waals surface area contributed by atoms with E-state index < -0.39 is 0 Å². The molecule has 4 nitrogen and oxygen atoms in total. The molecule has 0 aromatic heterocycles. The molecule has 2 bridgehead atoms. The van der Waals surface area contributed by atoms with Gasteiger partial charge < -0.3 is 14.4 Å². The van der Waals surface area contributed by atoms with Crippen LogP contribution in [0.4, 0.5) is 0 Å². The van der Waals surface area contributed by atoms with Crippen LogP contribution in [0.25, 0.3) is 0 Å². The number of hydrogen-bond acceptors (Lipinski definition) is 3. The summed E-state index contributed by atoms with van der Waals surface area (Å²) in [6.45, 7) is 4.30. The highest BCUT2D eigenvalue weighted by atomic mass is 16.5. The number of hydrogen-bond donors (Lipinski definition) is 0. The highest BCUT2D eigenvalue weighted by molar-refractivity contribution is 5.77. The molecular formula is C21H29NO3. The van der Waals surface area contributed by atoms with Gasteiger partial charge in [-0.05, 0) is 56.1 Å². The van der Waals surface area contributed by atoms with Crippen LogP contribution >= 0.6 is 0 Å². The van der Waals surface area contributed by atoms with E-state index in [2.05, 4.69) is 30.0 Å². The average molecular weight is 343 g/mol. The summed E-state index contributed by atoms with van der Waals surface area (Å²) in [6.07, 6.45) is 6.25. The maximum Gasteiger partial charge on any atom is 0.223 e. The van der Waals surface area contributed by atoms with E-state index in [1.807, 2.05) is 6.07 Å². The molecule has 3 aliphatic rings. The van der Waals surface area contributed by atoms with Crippen LogP contribution in [0.5, 0.6) is 0 Å². The van der Waals surface area contributed by atoms with E-state index in [1.54, 1.807) is 0 Å². The van der Waals surface area contributed by atoms with Crippen LogP contribution in [0.1, 0.15) is 43.2 Å². The summed E-state index contributed by atoms with van der Waals surface area (Å²) >= 11 is 0. The molecule has 2 aliphatic carbocycles. The lowest BCUT2D eigenvalue weighted by Crippen LogP contribution is -2.46. The van der Waals surface area contributed by atoms with Crippen molar-refractivity contribution in [3.05, 3.63) is 35.4 Å². The van der Waals surface area contributed by atoms with Gasteiger partial charge in [0.25, 0.3) is 0 Å². The topological polar surface area (TPSA) is 38.8 Å². The number of fused-ring (bicyclic) bond motifs is 2. The van der Waals surface area contributed by atoms with Crippen molar-refractivity contribution in [3.8, 4) is 0 Å². The average Bonchev–Trinajstić information content (AvgIpc) is 3.36. The van der Waals surface area contributed by atoms with E-state index >= 15 is 0 Å². The molecule has 1 aromatic rings. The lowest BCUT2D eigenvalue weighted by Gasteiger charge is -2.31. The van der Waals surface area contributed by atoms with Crippen LogP contribution in [0.15, 0.2) is 24.3 Å². The van der Waals surface area contributed by atoms with E-state index in [9.17, 15) is 4.79 Å². The molecule has 1 amide bonds. The van der Waals surface area contributed by atoms with Crippen LogP contribution in [-0.4, -0.2) is 48.8 Å². The largest absolute Gasteiger partial charge is 0.374 e. The number of aryl methyl sites for hydroxylation is 2. The van der Waals surface area contributed by atoms with Crippen LogP contribution in [-0.2, 0) is 20.7 Å². The number of rotatable bonds is 6.